The highest BCUT2D eigenvalue weighted by Gasteiger charge is 2.39. The SMILES string of the molecule is Fc1ccc2c(c1)C1CC3NCCCC3CN1CC2. The molecule has 0 aromatic heterocycles. The Hall–Kier alpha value is -0.930. The molecule has 0 aliphatic carbocycles. The summed E-state index contributed by atoms with van der Waals surface area (Å²) in [6.45, 7) is 3.49. The maximum absolute atomic E-state index is 13.6. The standard InChI is InChI=1S/C16H21FN2/c17-13-4-3-11-5-7-19-10-12-2-1-6-18-15(12)9-16(19)14(11)8-13/h3-4,8,12,15-16,18H,1-2,5-7,9-10H2. The highest BCUT2D eigenvalue weighted by molar-refractivity contribution is 5.34. The second-order valence-electron chi connectivity index (χ2n) is 6.30. The minimum absolute atomic E-state index is 0.0840. The molecule has 102 valence electrons. The Labute approximate surface area is 114 Å². The van der Waals surface area contributed by atoms with E-state index in [0.29, 0.717) is 12.1 Å². The van der Waals surface area contributed by atoms with E-state index in [1.54, 1.807) is 12.1 Å². The Morgan fingerprint density at radius 3 is 3.21 bits per heavy atom. The lowest BCUT2D eigenvalue weighted by Crippen LogP contribution is -2.54. The molecule has 3 aliphatic rings. The summed E-state index contributed by atoms with van der Waals surface area (Å²) < 4.78 is 13.6. The molecule has 1 N–H and O–H groups in total. The monoisotopic (exact) mass is 260 g/mol. The van der Waals surface area contributed by atoms with E-state index in [1.807, 2.05) is 6.07 Å². The molecular formula is C16H21FN2. The number of rotatable bonds is 0. The van der Waals surface area contributed by atoms with Gasteiger partial charge in [-0.1, -0.05) is 6.07 Å². The molecule has 4 rings (SSSR count). The minimum Gasteiger partial charge on any atom is -0.314 e. The van der Waals surface area contributed by atoms with Crippen LogP contribution in [-0.4, -0.2) is 30.6 Å². The van der Waals surface area contributed by atoms with Crippen LogP contribution in [0.4, 0.5) is 4.39 Å². The van der Waals surface area contributed by atoms with E-state index in [9.17, 15) is 4.39 Å². The normalized spacial score (nSPS) is 34.3. The molecule has 3 heteroatoms. The topological polar surface area (TPSA) is 15.3 Å². The van der Waals surface area contributed by atoms with Gasteiger partial charge in [-0.3, -0.25) is 4.90 Å². The van der Waals surface area contributed by atoms with Gasteiger partial charge in [-0.25, -0.2) is 4.39 Å². The first-order valence-corrected chi connectivity index (χ1v) is 7.57. The molecule has 2 fully saturated rings. The van der Waals surface area contributed by atoms with Crippen LogP contribution in [0.15, 0.2) is 18.2 Å². The molecule has 19 heavy (non-hydrogen) atoms. The summed E-state index contributed by atoms with van der Waals surface area (Å²) in [6.07, 6.45) is 4.90. The van der Waals surface area contributed by atoms with Crippen molar-refractivity contribution in [3.63, 3.8) is 0 Å². The second kappa shape index (κ2) is 4.57. The van der Waals surface area contributed by atoms with Crippen LogP contribution in [0.1, 0.15) is 36.4 Å². The van der Waals surface area contributed by atoms with Gasteiger partial charge in [0.25, 0.3) is 0 Å². The van der Waals surface area contributed by atoms with E-state index >= 15 is 0 Å². The van der Waals surface area contributed by atoms with Crippen LogP contribution in [0.5, 0.6) is 0 Å². The predicted molar refractivity (Wildman–Crippen MR) is 73.5 cm³/mol. The van der Waals surface area contributed by atoms with Crippen molar-refractivity contribution >= 4 is 0 Å². The number of fused-ring (bicyclic) bond motifs is 4. The Morgan fingerprint density at radius 1 is 1.32 bits per heavy atom. The van der Waals surface area contributed by atoms with Gasteiger partial charge < -0.3 is 5.32 Å². The van der Waals surface area contributed by atoms with Crippen molar-refractivity contribution in [2.75, 3.05) is 19.6 Å². The minimum atomic E-state index is -0.0840. The molecule has 3 unspecified atom stereocenters. The van der Waals surface area contributed by atoms with Gasteiger partial charge in [-0.15, -0.1) is 0 Å². The molecular weight excluding hydrogens is 239 g/mol. The van der Waals surface area contributed by atoms with Crippen LogP contribution >= 0.6 is 0 Å². The van der Waals surface area contributed by atoms with Gasteiger partial charge in [0.15, 0.2) is 0 Å². The van der Waals surface area contributed by atoms with Gasteiger partial charge in [-0.2, -0.15) is 0 Å². The smallest absolute Gasteiger partial charge is 0.123 e. The summed E-state index contributed by atoms with van der Waals surface area (Å²) in [7, 11) is 0. The number of nitrogens with zero attached hydrogens (tertiary/aromatic N) is 1. The second-order valence-corrected chi connectivity index (χ2v) is 6.30. The van der Waals surface area contributed by atoms with Gasteiger partial charge in [0.1, 0.15) is 5.82 Å². The molecule has 0 amide bonds. The first-order valence-electron chi connectivity index (χ1n) is 7.57. The Balaban J connectivity index is 1.66. The van der Waals surface area contributed by atoms with Crippen LogP contribution in [0.2, 0.25) is 0 Å². The summed E-state index contributed by atoms with van der Waals surface area (Å²) in [4.78, 5) is 2.59. The van der Waals surface area contributed by atoms with E-state index in [-0.39, 0.29) is 5.82 Å². The van der Waals surface area contributed by atoms with Gasteiger partial charge in [-0.05, 0) is 61.4 Å². The fourth-order valence-corrected chi connectivity index (χ4v) is 4.27. The summed E-state index contributed by atoms with van der Waals surface area (Å²) in [5, 5.41) is 3.68. The highest BCUT2D eigenvalue weighted by atomic mass is 19.1. The summed E-state index contributed by atoms with van der Waals surface area (Å²) >= 11 is 0. The van der Waals surface area contributed by atoms with Gasteiger partial charge in [0, 0.05) is 25.2 Å². The molecule has 1 aromatic rings. The molecule has 0 radical (unpaired) electrons. The highest BCUT2D eigenvalue weighted by Crippen LogP contribution is 2.40. The van der Waals surface area contributed by atoms with Crippen molar-refractivity contribution < 1.29 is 4.39 Å². The number of benzene rings is 1. The van der Waals surface area contributed by atoms with E-state index in [0.717, 1.165) is 31.8 Å². The zero-order chi connectivity index (χ0) is 12.8. The van der Waals surface area contributed by atoms with Gasteiger partial charge in [0.05, 0.1) is 0 Å². The maximum atomic E-state index is 13.6. The largest absolute Gasteiger partial charge is 0.314 e. The van der Waals surface area contributed by atoms with Crippen molar-refractivity contribution in [1.29, 1.82) is 0 Å². The zero-order valence-electron chi connectivity index (χ0n) is 11.2. The lowest BCUT2D eigenvalue weighted by molar-refractivity contribution is 0.0550. The average molecular weight is 260 g/mol. The van der Waals surface area contributed by atoms with Crippen molar-refractivity contribution in [2.45, 2.75) is 37.8 Å². The number of hydrogen-bond acceptors (Lipinski definition) is 2. The van der Waals surface area contributed by atoms with Crippen molar-refractivity contribution in [1.82, 2.24) is 10.2 Å². The lowest BCUT2D eigenvalue weighted by atomic mass is 9.77. The molecule has 2 nitrogen and oxygen atoms in total. The van der Waals surface area contributed by atoms with Crippen LogP contribution < -0.4 is 5.32 Å². The predicted octanol–water partition coefficient (Wildman–Crippen LogP) is 2.50. The third kappa shape index (κ3) is 2.00. The number of piperidine rings is 2. The number of hydrogen-bond donors (Lipinski definition) is 1. The van der Waals surface area contributed by atoms with Crippen LogP contribution in [0, 0.1) is 11.7 Å². The lowest BCUT2D eigenvalue weighted by Gasteiger charge is -2.49. The Kier molecular flexibility index (Phi) is 2.85. The molecule has 1 aromatic carbocycles. The Morgan fingerprint density at radius 2 is 2.26 bits per heavy atom. The third-order valence-electron chi connectivity index (χ3n) is 5.25. The van der Waals surface area contributed by atoms with Gasteiger partial charge in [0.2, 0.25) is 0 Å². The first-order chi connectivity index (χ1) is 9.31. The third-order valence-corrected chi connectivity index (χ3v) is 5.25. The molecule has 2 saturated heterocycles. The summed E-state index contributed by atoms with van der Waals surface area (Å²) in [6, 6.07) is 6.45. The molecule has 3 heterocycles. The average Bonchev–Trinajstić information content (AvgIpc) is 2.45. The quantitative estimate of drug-likeness (QED) is 0.771. The molecule has 0 spiro atoms. The Bertz CT molecular complexity index is 488. The van der Waals surface area contributed by atoms with Crippen LogP contribution in [0.25, 0.3) is 0 Å². The molecule has 0 saturated carbocycles. The first kappa shape index (κ1) is 11.9. The fourth-order valence-electron chi connectivity index (χ4n) is 4.27. The number of halogens is 1. The van der Waals surface area contributed by atoms with E-state index in [4.69, 9.17) is 0 Å². The zero-order valence-corrected chi connectivity index (χ0v) is 11.2. The molecule has 3 aliphatic heterocycles. The fraction of sp³-hybridized carbons (Fsp3) is 0.625. The summed E-state index contributed by atoms with van der Waals surface area (Å²) in [5.74, 6) is 0.722. The van der Waals surface area contributed by atoms with Crippen molar-refractivity contribution in [3.05, 3.63) is 35.1 Å². The van der Waals surface area contributed by atoms with Crippen molar-refractivity contribution in [3.8, 4) is 0 Å². The van der Waals surface area contributed by atoms with E-state index in [1.165, 1.54) is 30.5 Å². The maximum Gasteiger partial charge on any atom is 0.123 e. The van der Waals surface area contributed by atoms with E-state index in [2.05, 4.69) is 10.2 Å². The van der Waals surface area contributed by atoms with E-state index < -0.39 is 0 Å². The van der Waals surface area contributed by atoms with Crippen molar-refractivity contribution in [2.24, 2.45) is 5.92 Å². The molecule has 3 atom stereocenters. The molecule has 0 bridgehead atoms. The van der Waals surface area contributed by atoms with Gasteiger partial charge >= 0.3 is 0 Å². The van der Waals surface area contributed by atoms with Crippen LogP contribution in [0.3, 0.4) is 0 Å². The van der Waals surface area contributed by atoms with Crippen LogP contribution in [-0.2, 0) is 6.42 Å². The number of nitrogens with one attached hydrogen (secondary N) is 1. The summed E-state index contributed by atoms with van der Waals surface area (Å²) in [5.41, 5.74) is 2.61.